The van der Waals surface area contributed by atoms with Crippen molar-refractivity contribution in [3.8, 4) is 0 Å². The Morgan fingerprint density at radius 2 is 1.71 bits per heavy atom. The Hall–Kier alpha value is -2.14. The number of halogens is 1. The van der Waals surface area contributed by atoms with E-state index in [2.05, 4.69) is 21.2 Å². The Morgan fingerprint density at radius 1 is 1.04 bits per heavy atom. The summed E-state index contributed by atoms with van der Waals surface area (Å²) in [5.74, 6) is 0.184. The van der Waals surface area contributed by atoms with E-state index in [9.17, 15) is 9.59 Å². The molecule has 2 aromatic carbocycles. The number of hydrogen-bond donors (Lipinski definition) is 1. The lowest BCUT2D eigenvalue weighted by Crippen LogP contribution is -2.48. The number of rotatable bonds is 8. The summed E-state index contributed by atoms with van der Waals surface area (Å²) in [4.78, 5) is 27.4. The number of nitrogens with one attached hydrogen (secondary N) is 1. The van der Waals surface area contributed by atoms with Crippen LogP contribution in [0, 0.1) is 12.8 Å². The monoisotopic (exact) mass is 444 g/mol. The third-order valence-electron chi connectivity index (χ3n) is 4.56. The van der Waals surface area contributed by atoms with E-state index in [4.69, 9.17) is 0 Å². The van der Waals surface area contributed by atoms with E-state index in [0.29, 0.717) is 19.0 Å². The number of carbonyl (C=O) groups excluding carboxylic acids is 2. The number of benzene rings is 2. The first-order valence-electron chi connectivity index (χ1n) is 9.63. The SMILES string of the molecule is Cc1cccc(CC(=O)N(Cc2ccc(Br)cc2)C(C)C(=O)NCC(C)C)c1. The van der Waals surface area contributed by atoms with Gasteiger partial charge in [0.25, 0.3) is 0 Å². The molecule has 0 aromatic heterocycles. The standard InChI is InChI=1S/C23H29BrN2O2/c1-16(2)14-25-23(28)18(4)26(15-19-8-10-21(24)11-9-19)22(27)13-20-7-5-6-17(3)12-20/h5-12,16,18H,13-15H2,1-4H3,(H,25,28). The van der Waals surface area contributed by atoms with Gasteiger partial charge in [-0.15, -0.1) is 0 Å². The molecule has 0 heterocycles. The summed E-state index contributed by atoms with van der Waals surface area (Å²) < 4.78 is 0.983. The molecule has 0 aliphatic heterocycles. The van der Waals surface area contributed by atoms with Crippen LogP contribution in [0.5, 0.6) is 0 Å². The molecule has 1 unspecified atom stereocenters. The van der Waals surface area contributed by atoms with Crippen molar-refractivity contribution in [3.05, 3.63) is 69.7 Å². The van der Waals surface area contributed by atoms with Crippen LogP contribution in [0.15, 0.2) is 53.0 Å². The van der Waals surface area contributed by atoms with Crippen molar-refractivity contribution in [1.29, 1.82) is 0 Å². The molecule has 2 rings (SSSR count). The molecule has 0 spiro atoms. The fourth-order valence-corrected chi connectivity index (χ4v) is 3.18. The quantitative estimate of drug-likeness (QED) is 0.651. The Labute approximate surface area is 176 Å². The molecule has 0 fully saturated rings. The van der Waals surface area contributed by atoms with Crippen molar-refractivity contribution in [2.24, 2.45) is 5.92 Å². The highest BCUT2D eigenvalue weighted by atomic mass is 79.9. The highest BCUT2D eigenvalue weighted by molar-refractivity contribution is 9.10. The summed E-state index contributed by atoms with van der Waals surface area (Å²) in [6.07, 6.45) is 0.278. The van der Waals surface area contributed by atoms with Gasteiger partial charge in [0.1, 0.15) is 6.04 Å². The number of amides is 2. The number of carbonyl (C=O) groups is 2. The van der Waals surface area contributed by atoms with Crippen LogP contribution in [0.2, 0.25) is 0 Å². The first-order valence-corrected chi connectivity index (χ1v) is 10.4. The average Bonchev–Trinajstić information content (AvgIpc) is 2.65. The van der Waals surface area contributed by atoms with Crippen molar-refractivity contribution in [1.82, 2.24) is 10.2 Å². The summed E-state index contributed by atoms with van der Waals surface area (Å²) in [6.45, 7) is 8.90. The normalized spacial score (nSPS) is 11.9. The third-order valence-corrected chi connectivity index (χ3v) is 5.08. The average molecular weight is 445 g/mol. The summed E-state index contributed by atoms with van der Waals surface area (Å²) in [6, 6.07) is 15.2. The van der Waals surface area contributed by atoms with Crippen molar-refractivity contribution in [3.63, 3.8) is 0 Å². The van der Waals surface area contributed by atoms with Gasteiger partial charge in [-0.1, -0.05) is 71.7 Å². The molecule has 150 valence electrons. The summed E-state index contributed by atoms with van der Waals surface area (Å²) in [5, 5.41) is 2.94. The van der Waals surface area contributed by atoms with Crippen LogP contribution in [0.3, 0.4) is 0 Å². The lowest BCUT2D eigenvalue weighted by Gasteiger charge is -2.29. The maximum Gasteiger partial charge on any atom is 0.242 e. The highest BCUT2D eigenvalue weighted by Gasteiger charge is 2.26. The molecular weight excluding hydrogens is 416 g/mol. The van der Waals surface area contributed by atoms with Crippen molar-refractivity contribution >= 4 is 27.7 Å². The van der Waals surface area contributed by atoms with E-state index < -0.39 is 6.04 Å². The molecule has 28 heavy (non-hydrogen) atoms. The summed E-state index contributed by atoms with van der Waals surface area (Å²) in [7, 11) is 0. The molecule has 1 atom stereocenters. The highest BCUT2D eigenvalue weighted by Crippen LogP contribution is 2.16. The fourth-order valence-electron chi connectivity index (χ4n) is 2.92. The fraction of sp³-hybridized carbons (Fsp3) is 0.391. The minimum absolute atomic E-state index is 0.0549. The van der Waals surface area contributed by atoms with Crippen molar-refractivity contribution in [2.45, 2.75) is 46.7 Å². The van der Waals surface area contributed by atoms with E-state index in [0.717, 1.165) is 21.2 Å². The predicted molar refractivity (Wildman–Crippen MR) is 117 cm³/mol. The minimum atomic E-state index is -0.542. The second-order valence-electron chi connectivity index (χ2n) is 7.63. The third kappa shape index (κ3) is 6.79. The second-order valence-corrected chi connectivity index (χ2v) is 8.54. The molecule has 0 bridgehead atoms. The Kier molecular flexibility index (Phi) is 8.24. The zero-order valence-corrected chi connectivity index (χ0v) is 18.6. The van der Waals surface area contributed by atoms with E-state index in [-0.39, 0.29) is 18.2 Å². The van der Waals surface area contributed by atoms with Gasteiger partial charge >= 0.3 is 0 Å². The first-order chi connectivity index (χ1) is 13.3. The van der Waals surface area contributed by atoms with Crippen LogP contribution in [-0.2, 0) is 22.6 Å². The van der Waals surface area contributed by atoms with Crippen LogP contribution in [0.1, 0.15) is 37.5 Å². The number of hydrogen-bond acceptors (Lipinski definition) is 2. The number of aryl methyl sites for hydroxylation is 1. The van der Waals surface area contributed by atoms with Gasteiger partial charge in [-0.3, -0.25) is 9.59 Å². The maximum absolute atomic E-state index is 13.1. The Bertz CT molecular complexity index is 803. The van der Waals surface area contributed by atoms with Gasteiger partial charge in [0.2, 0.25) is 11.8 Å². The van der Waals surface area contributed by atoms with Crippen molar-refractivity contribution < 1.29 is 9.59 Å². The van der Waals surface area contributed by atoms with Gasteiger partial charge in [-0.2, -0.15) is 0 Å². The zero-order chi connectivity index (χ0) is 20.7. The molecule has 0 saturated heterocycles. The minimum Gasteiger partial charge on any atom is -0.354 e. The van der Waals surface area contributed by atoms with Gasteiger partial charge in [-0.05, 0) is 43.0 Å². The molecule has 1 N–H and O–H groups in total. The summed E-state index contributed by atoms with van der Waals surface area (Å²) in [5.41, 5.74) is 3.07. The number of nitrogens with zero attached hydrogens (tertiary/aromatic N) is 1. The molecule has 4 nitrogen and oxygen atoms in total. The maximum atomic E-state index is 13.1. The Morgan fingerprint density at radius 3 is 2.32 bits per heavy atom. The molecule has 0 saturated carbocycles. The van der Waals surface area contributed by atoms with Crippen LogP contribution in [-0.4, -0.2) is 29.3 Å². The van der Waals surface area contributed by atoms with Crippen LogP contribution >= 0.6 is 15.9 Å². The molecule has 2 amide bonds. The van der Waals surface area contributed by atoms with Gasteiger partial charge < -0.3 is 10.2 Å². The van der Waals surface area contributed by atoms with Crippen LogP contribution in [0.4, 0.5) is 0 Å². The zero-order valence-electron chi connectivity index (χ0n) is 17.0. The van der Waals surface area contributed by atoms with Gasteiger partial charge in [0.05, 0.1) is 6.42 Å². The largest absolute Gasteiger partial charge is 0.354 e. The van der Waals surface area contributed by atoms with E-state index in [1.165, 1.54) is 0 Å². The van der Waals surface area contributed by atoms with Crippen LogP contribution in [0.25, 0.3) is 0 Å². The molecule has 0 radical (unpaired) electrons. The lowest BCUT2D eigenvalue weighted by molar-refractivity contribution is -0.140. The van der Waals surface area contributed by atoms with E-state index in [1.807, 2.05) is 69.3 Å². The van der Waals surface area contributed by atoms with Crippen molar-refractivity contribution in [2.75, 3.05) is 6.54 Å². The van der Waals surface area contributed by atoms with E-state index in [1.54, 1.807) is 11.8 Å². The van der Waals surface area contributed by atoms with Gasteiger partial charge in [0.15, 0.2) is 0 Å². The second kappa shape index (κ2) is 10.4. The molecular formula is C23H29BrN2O2. The molecule has 0 aliphatic carbocycles. The van der Waals surface area contributed by atoms with E-state index >= 15 is 0 Å². The molecule has 5 heteroatoms. The first kappa shape index (κ1) is 22.2. The Balaban J connectivity index is 2.19. The van der Waals surface area contributed by atoms with Gasteiger partial charge in [0, 0.05) is 17.6 Å². The molecule has 2 aromatic rings. The lowest BCUT2D eigenvalue weighted by atomic mass is 10.1. The van der Waals surface area contributed by atoms with Gasteiger partial charge in [-0.25, -0.2) is 0 Å². The molecule has 0 aliphatic rings. The smallest absolute Gasteiger partial charge is 0.242 e. The summed E-state index contributed by atoms with van der Waals surface area (Å²) >= 11 is 3.43. The van der Waals surface area contributed by atoms with Crippen LogP contribution < -0.4 is 5.32 Å². The predicted octanol–water partition coefficient (Wildman–Crippen LogP) is 4.49. The topological polar surface area (TPSA) is 49.4 Å².